The average molecular weight is 555 g/mol. The van der Waals surface area contributed by atoms with Gasteiger partial charge in [0, 0.05) is 22.3 Å². The smallest absolute Gasteiger partial charge is 0.331 e. The largest absolute Gasteiger partial charge is 0.493 e. The van der Waals surface area contributed by atoms with E-state index in [1.54, 1.807) is 0 Å². The number of methoxy groups -OCH3 is 1. The summed E-state index contributed by atoms with van der Waals surface area (Å²) in [5.41, 5.74) is 3.99. The number of aromatic nitrogens is 1. The first kappa shape index (κ1) is 26.6. The molecular formula is C34H35ClN2O3. The summed E-state index contributed by atoms with van der Waals surface area (Å²) in [6, 6.07) is 26.5. The molecule has 5 nitrogen and oxygen atoms in total. The standard InChI is InChI=1S/C34H35ClN2O3/c1-39-32(38)34(37-27-11-6-10-26(35)23-27)18-16-33(17-19-34)25(22-24-8-2-4-13-29(24)33)9-7-21-40-31-15-20-36-30-14-5-3-12-28(30)31/h2-6,8,10-15,20,23,25,37H,7,9,16-19,21-22H2,1H3. The molecule has 40 heavy (non-hydrogen) atoms. The third kappa shape index (κ3) is 4.92. The van der Waals surface area contributed by atoms with Crippen LogP contribution in [0.3, 0.4) is 0 Å². The molecule has 1 N–H and O–H groups in total. The summed E-state index contributed by atoms with van der Waals surface area (Å²) in [6.07, 6.45) is 8.19. The number of hydrogen-bond donors (Lipinski definition) is 1. The Hall–Kier alpha value is -3.57. The quantitative estimate of drug-likeness (QED) is 0.178. The lowest BCUT2D eigenvalue weighted by Gasteiger charge is -2.47. The van der Waals surface area contributed by atoms with Crippen molar-refractivity contribution in [3.05, 3.63) is 101 Å². The van der Waals surface area contributed by atoms with Gasteiger partial charge in [-0.25, -0.2) is 4.79 Å². The molecule has 1 fully saturated rings. The highest BCUT2D eigenvalue weighted by Gasteiger charge is 2.54. The minimum Gasteiger partial charge on any atom is -0.493 e. The molecule has 1 heterocycles. The van der Waals surface area contributed by atoms with Crippen LogP contribution in [0, 0.1) is 5.92 Å². The number of anilines is 1. The van der Waals surface area contributed by atoms with Crippen LogP contribution in [0.2, 0.25) is 5.02 Å². The van der Waals surface area contributed by atoms with E-state index in [0.717, 1.165) is 54.4 Å². The van der Waals surface area contributed by atoms with Gasteiger partial charge >= 0.3 is 5.97 Å². The Morgan fingerprint density at radius 1 is 1.00 bits per heavy atom. The van der Waals surface area contributed by atoms with Crippen molar-refractivity contribution < 1.29 is 14.3 Å². The first-order valence-electron chi connectivity index (χ1n) is 14.2. The number of fused-ring (bicyclic) bond motifs is 3. The summed E-state index contributed by atoms with van der Waals surface area (Å²) in [7, 11) is 1.48. The summed E-state index contributed by atoms with van der Waals surface area (Å²) >= 11 is 6.25. The van der Waals surface area contributed by atoms with Gasteiger partial charge in [0.1, 0.15) is 11.3 Å². The number of hydrogen-bond acceptors (Lipinski definition) is 5. The van der Waals surface area contributed by atoms with Gasteiger partial charge in [0.15, 0.2) is 0 Å². The van der Waals surface area contributed by atoms with Gasteiger partial charge in [-0.3, -0.25) is 4.98 Å². The maximum atomic E-state index is 13.2. The Bertz CT molecular complexity index is 1510. The number of nitrogens with zero attached hydrogens (tertiary/aromatic N) is 1. The molecule has 1 spiro atoms. The highest BCUT2D eigenvalue weighted by Crippen LogP contribution is 2.55. The summed E-state index contributed by atoms with van der Waals surface area (Å²) < 4.78 is 11.6. The number of para-hydroxylation sites is 1. The van der Waals surface area contributed by atoms with E-state index < -0.39 is 5.54 Å². The lowest BCUT2D eigenvalue weighted by Crippen LogP contribution is -2.53. The zero-order valence-corrected chi connectivity index (χ0v) is 23.6. The lowest BCUT2D eigenvalue weighted by molar-refractivity contribution is -0.148. The molecule has 4 aromatic rings. The molecule has 1 aromatic heterocycles. The number of nitrogens with one attached hydrogen (secondary N) is 1. The third-order valence-electron chi connectivity index (χ3n) is 9.15. The fourth-order valence-corrected chi connectivity index (χ4v) is 7.36. The highest BCUT2D eigenvalue weighted by molar-refractivity contribution is 6.30. The number of rotatable bonds is 8. The minimum absolute atomic E-state index is 0.0491. The topological polar surface area (TPSA) is 60.5 Å². The molecule has 2 aliphatic rings. The molecule has 1 unspecified atom stereocenters. The number of esters is 1. The summed E-state index contributed by atoms with van der Waals surface area (Å²) in [6.45, 7) is 0.666. The number of halogens is 1. The van der Waals surface area contributed by atoms with Crippen molar-refractivity contribution in [2.24, 2.45) is 5.92 Å². The predicted molar refractivity (Wildman–Crippen MR) is 160 cm³/mol. The Labute approximate surface area is 240 Å². The minimum atomic E-state index is -0.766. The molecule has 2 aliphatic carbocycles. The normalized spacial score (nSPS) is 23.6. The molecule has 6 rings (SSSR count). The van der Waals surface area contributed by atoms with Crippen molar-refractivity contribution in [2.75, 3.05) is 19.0 Å². The maximum Gasteiger partial charge on any atom is 0.331 e. The maximum absolute atomic E-state index is 13.2. The van der Waals surface area contributed by atoms with Crippen molar-refractivity contribution in [1.82, 2.24) is 4.98 Å². The Balaban J connectivity index is 1.19. The van der Waals surface area contributed by atoms with Crippen molar-refractivity contribution in [2.45, 2.75) is 55.9 Å². The molecule has 1 atom stereocenters. The van der Waals surface area contributed by atoms with Crippen LogP contribution in [0.5, 0.6) is 5.75 Å². The molecule has 6 heteroatoms. The summed E-state index contributed by atoms with van der Waals surface area (Å²) in [4.78, 5) is 17.7. The van der Waals surface area contributed by atoms with Gasteiger partial charge in [-0.2, -0.15) is 0 Å². The van der Waals surface area contributed by atoms with Gasteiger partial charge in [0.25, 0.3) is 0 Å². The van der Waals surface area contributed by atoms with Gasteiger partial charge in [-0.15, -0.1) is 0 Å². The molecule has 0 amide bonds. The van der Waals surface area contributed by atoms with E-state index in [9.17, 15) is 4.79 Å². The van der Waals surface area contributed by atoms with E-state index >= 15 is 0 Å². The fraction of sp³-hybridized carbons (Fsp3) is 0.353. The van der Waals surface area contributed by atoms with Crippen molar-refractivity contribution in [3.63, 3.8) is 0 Å². The van der Waals surface area contributed by atoms with Crippen molar-refractivity contribution >= 4 is 34.2 Å². The van der Waals surface area contributed by atoms with E-state index in [-0.39, 0.29) is 11.4 Å². The van der Waals surface area contributed by atoms with Crippen molar-refractivity contribution in [1.29, 1.82) is 0 Å². The molecule has 1 saturated carbocycles. The van der Waals surface area contributed by atoms with Gasteiger partial charge in [-0.1, -0.05) is 54.1 Å². The van der Waals surface area contributed by atoms with Crippen LogP contribution >= 0.6 is 11.6 Å². The average Bonchev–Trinajstić information content (AvgIpc) is 3.29. The van der Waals surface area contributed by atoms with Crippen LogP contribution in [0.4, 0.5) is 5.69 Å². The molecule has 0 saturated heterocycles. The van der Waals surface area contributed by atoms with Crippen LogP contribution in [-0.4, -0.2) is 30.2 Å². The van der Waals surface area contributed by atoms with E-state index in [1.165, 1.54) is 18.2 Å². The zero-order valence-electron chi connectivity index (χ0n) is 22.9. The Morgan fingerprint density at radius 3 is 2.62 bits per heavy atom. The second-order valence-electron chi connectivity index (χ2n) is 11.2. The Kier molecular flexibility index (Phi) is 7.41. The monoisotopic (exact) mass is 554 g/mol. The Morgan fingerprint density at radius 2 is 1.80 bits per heavy atom. The van der Waals surface area contributed by atoms with Gasteiger partial charge < -0.3 is 14.8 Å². The zero-order chi connectivity index (χ0) is 27.6. The van der Waals surface area contributed by atoms with Gasteiger partial charge in [0.2, 0.25) is 0 Å². The first-order chi connectivity index (χ1) is 19.5. The lowest BCUT2D eigenvalue weighted by atomic mass is 9.60. The van der Waals surface area contributed by atoms with Crippen LogP contribution in [0.25, 0.3) is 10.9 Å². The number of pyridine rings is 1. The molecule has 0 aliphatic heterocycles. The van der Waals surface area contributed by atoms with E-state index in [0.29, 0.717) is 30.4 Å². The summed E-state index contributed by atoms with van der Waals surface area (Å²) in [5.74, 6) is 1.19. The highest BCUT2D eigenvalue weighted by atomic mass is 35.5. The number of carbonyl (C=O) groups excluding carboxylic acids is 1. The van der Waals surface area contributed by atoms with Crippen molar-refractivity contribution in [3.8, 4) is 5.75 Å². The molecule has 0 bridgehead atoms. The van der Waals surface area contributed by atoms with Crippen LogP contribution in [-0.2, 0) is 21.4 Å². The molecule has 0 radical (unpaired) electrons. The summed E-state index contributed by atoms with van der Waals surface area (Å²) in [5, 5.41) is 5.22. The predicted octanol–water partition coefficient (Wildman–Crippen LogP) is 7.76. The molecule has 3 aromatic carbocycles. The first-order valence-corrected chi connectivity index (χ1v) is 14.6. The fourth-order valence-electron chi connectivity index (χ4n) is 7.17. The number of carbonyl (C=O) groups is 1. The SMILES string of the molecule is COC(=O)C1(Nc2cccc(Cl)c2)CCC2(CC1)c1ccccc1CC2CCCOc1ccnc2ccccc12. The van der Waals surface area contributed by atoms with Crippen LogP contribution < -0.4 is 10.1 Å². The van der Waals surface area contributed by atoms with Crippen LogP contribution in [0.15, 0.2) is 85.1 Å². The third-order valence-corrected chi connectivity index (χ3v) is 9.38. The second-order valence-corrected chi connectivity index (χ2v) is 11.7. The van der Waals surface area contributed by atoms with E-state index in [2.05, 4.69) is 40.6 Å². The number of benzene rings is 3. The van der Waals surface area contributed by atoms with Gasteiger partial charge in [0.05, 0.1) is 19.2 Å². The van der Waals surface area contributed by atoms with E-state index in [1.807, 2.05) is 54.7 Å². The van der Waals surface area contributed by atoms with E-state index in [4.69, 9.17) is 21.1 Å². The van der Waals surface area contributed by atoms with Gasteiger partial charge in [-0.05, 0) is 104 Å². The second kappa shape index (κ2) is 11.1. The number of ether oxygens (including phenoxy) is 2. The molecule has 206 valence electrons. The van der Waals surface area contributed by atoms with Crippen LogP contribution in [0.1, 0.15) is 49.7 Å². The molecular weight excluding hydrogens is 520 g/mol.